The molecule has 1 saturated heterocycles. The van der Waals surface area contributed by atoms with Crippen molar-refractivity contribution in [2.75, 3.05) is 27.1 Å². The Balaban J connectivity index is -0.000000163. The monoisotopic (exact) mass is 218 g/mol. The molecule has 0 aromatic carbocycles. The zero-order valence-corrected chi connectivity index (χ0v) is 8.85. The van der Waals surface area contributed by atoms with E-state index in [9.17, 15) is 0 Å². The van der Waals surface area contributed by atoms with Crippen molar-refractivity contribution in [3.05, 3.63) is 5.32 Å². The van der Waals surface area contributed by atoms with E-state index in [2.05, 4.69) is 15.5 Å². The van der Waals surface area contributed by atoms with E-state index >= 15 is 0 Å². The number of rotatable bonds is 0. The summed E-state index contributed by atoms with van der Waals surface area (Å²) in [7, 11) is 2.04. The van der Waals surface area contributed by atoms with E-state index < -0.39 is 0 Å². The van der Waals surface area contributed by atoms with E-state index in [1.807, 2.05) is 7.05 Å². The largest absolute Gasteiger partial charge is 3.00 e. The molecule has 0 unspecified atom stereocenters. The second-order valence-electron chi connectivity index (χ2n) is 1.79. The van der Waals surface area contributed by atoms with E-state index in [0.717, 1.165) is 20.0 Å². The van der Waals surface area contributed by atoms with Crippen LogP contribution in [0.4, 0.5) is 0 Å². The molecule has 0 aliphatic carbocycles. The van der Waals surface area contributed by atoms with Gasteiger partial charge in [0.15, 0.2) is 0 Å². The first-order valence-corrected chi connectivity index (χ1v) is 2.42. The van der Waals surface area contributed by atoms with Crippen LogP contribution in [0.25, 0.3) is 5.32 Å². The molecule has 1 fully saturated rings. The predicted octanol–water partition coefficient (Wildman–Crippen LogP) is -6.23. The Morgan fingerprint density at radius 1 is 1.40 bits per heavy atom. The number of hydrogen-bond donors (Lipinski definition) is 1. The predicted molar refractivity (Wildman–Crippen MR) is 28.9 cm³/mol. The van der Waals surface area contributed by atoms with Crippen LogP contribution in [0.3, 0.4) is 0 Å². The standard InChI is InChI=1S/C4H10N3.2ClH.Ti/c1-7-3-5-2-6-4-7;;;/h5H,2-4H2,1H3;2*1H;/q-1;;;+3/p-2. The van der Waals surface area contributed by atoms with E-state index in [-0.39, 0.29) is 46.5 Å². The molecule has 0 atom stereocenters. The van der Waals surface area contributed by atoms with Crippen LogP contribution in [0.5, 0.6) is 0 Å². The second-order valence-corrected chi connectivity index (χ2v) is 1.79. The topological polar surface area (TPSA) is 29.4 Å². The van der Waals surface area contributed by atoms with Gasteiger partial charge < -0.3 is 40.3 Å². The minimum absolute atomic E-state index is 0. The number of hydrogen-bond acceptors (Lipinski definition) is 2. The van der Waals surface area contributed by atoms with Crippen molar-refractivity contribution < 1.29 is 46.5 Å². The van der Waals surface area contributed by atoms with Gasteiger partial charge in [-0.15, -0.1) is 0 Å². The quantitative estimate of drug-likeness (QED) is 0.411. The van der Waals surface area contributed by atoms with Crippen molar-refractivity contribution in [2.45, 2.75) is 0 Å². The maximum Gasteiger partial charge on any atom is 3.00 e. The molecule has 0 amide bonds. The van der Waals surface area contributed by atoms with Crippen LogP contribution in [0.2, 0.25) is 0 Å². The van der Waals surface area contributed by atoms with Gasteiger partial charge in [0, 0.05) is 6.67 Å². The number of nitrogens with one attached hydrogen (secondary N) is 1. The minimum Gasteiger partial charge on any atom is -1.00 e. The van der Waals surface area contributed by atoms with E-state index in [1.165, 1.54) is 0 Å². The van der Waals surface area contributed by atoms with Gasteiger partial charge in [-0.05, 0) is 7.05 Å². The maximum atomic E-state index is 4.07. The van der Waals surface area contributed by atoms with Gasteiger partial charge in [-0.3, -0.25) is 0 Å². The summed E-state index contributed by atoms with van der Waals surface area (Å²) < 4.78 is 0. The number of nitrogens with zero attached hydrogens (tertiary/aromatic N) is 2. The number of halogens is 2. The molecule has 0 bridgehead atoms. The average molecular weight is 219 g/mol. The van der Waals surface area contributed by atoms with Crippen LogP contribution in [0.15, 0.2) is 0 Å². The first kappa shape index (κ1) is 17.3. The van der Waals surface area contributed by atoms with Crippen LogP contribution in [-0.2, 0) is 21.7 Å². The van der Waals surface area contributed by atoms with Gasteiger partial charge in [-0.1, -0.05) is 13.3 Å². The zero-order valence-electron chi connectivity index (χ0n) is 5.77. The molecule has 1 aliphatic rings. The van der Waals surface area contributed by atoms with E-state index in [1.54, 1.807) is 0 Å². The molecule has 3 nitrogen and oxygen atoms in total. The van der Waals surface area contributed by atoms with Gasteiger partial charge in [0.2, 0.25) is 0 Å². The Labute approximate surface area is 89.0 Å². The Kier molecular flexibility index (Phi) is 17.6. The summed E-state index contributed by atoms with van der Waals surface area (Å²) in [6.45, 7) is 2.68. The molecule has 10 heavy (non-hydrogen) atoms. The molecule has 1 rings (SSSR count). The van der Waals surface area contributed by atoms with Crippen molar-refractivity contribution in [3.63, 3.8) is 0 Å². The molecule has 1 radical (unpaired) electrons. The fourth-order valence-electron chi connectivity index (χ4n) is 0.591. The third-order valence-corrected chi connectivity index (χ3v) is 0.947. The fraction of sp³-hybridized carbons (Fsp3) is 1.00. The Morgan fingerprint density at radius 2 is 2.00 bits per heavy atom. The zero-order chi connectivity index (χ0) is 5.11. The summed E-state index contributed by atoms with van der Waals surface area (Å²) in [6, 6.07) is 0. The molecular formula is C4H10Cl2N3Ti. The van der Waals surface area contributed by atoms with Gasteiger partial charge in [-0.25, -0.2) is 0 Å². The molecule has 0 spiro atoms. The molecule has 59 valence electrons. The smallest absolute Gasteiger partial charge is 1.00 e. The molecule has 1 aliphatic heterocycles. The van der Waals surface area contributed by atoms with Crippen LogP contribution in [-0.4, -0.2) is 32.0 Å². The molecule has 0 saturated carbocycles. The summed E-state index contributed by atoms with van der Waals surface area (Å²) in [5.74, 6) is 0. The van der Waals surface area contributed by atoms with E-state index in [0.29, 0.717) is 0 Å². The SMILES string of the molecule is CN1C[N-]CNC1.[Cl-].[Cl-].[Ti+3]. The third-order valence-electron chi connectivity index (χ3n) is 0.947. The Morgan fingerprint density at radius 3 is 2.20 bits per heavy atom. The van der Waals surface area contributed by atoms with Crippen LogP contribution in [0.1, 0.15) is 0 Å². The normalized spacial score (nSPS) is 17.7. The fourth-order valence-corrected chi connectivity index (χ4v) is 0.591. The molecule has 6 heteroatoms. The summed E-state index contributed by atoms with van der Waals surface area (Å²) in [5.41, 5.74) is 0. The van der Waals surface area contributed by atoms with Gasteiger partial charge in [0.25, 0.3) is 0 Å². The van der Waals surface area contributed by atoms with Crippen molar-refractivity contribution in [1.29, 1.82) is 0 Å². The first-order chi connectivity index (χ1) is 3.39. The summed E-state index contributed by atoms with van der Waals surface area (Å²) in [5, 5.41) is 7.17. The first-order valence-electron chi connectivity index (χ1n) is 2.42. The molecular weight excluding hydrogens is 209 g/mol. The van der Waals surface area contributed by atoms with Gasteiger partial charge in [-0.2, -0.15) is 0 Å². The van der Waals surface area contributed by atoms with Crippen molar-refractivity contribution >= 4 is 0 Å². The molecule has 0 aromatic rings. The van der Waals surface area contributed by atoms with Crippen molar-refractivity contribution in [2.24, 2.45) is 0 Å². The summed E-state index contributed by atoms with van der Waals surface area (Å²) in [6.07, 6.45) is 0. The minimum atomic E-state index is 0. The second kappa shape index (κ2) is 10.2. The molecule has 1 N–H and O–H groups in total. The van der Waals surface area contributed by atoms with Crippen molar-refractivity contribution in [1.82, 2.24) is 10.2 Å². The van der Waals surface area contributed by atoms with Gasteiger partial charge >= 0.3 is 21.7 Å². The van der Waals surface area contributed by atoms with Crippen LogP contribution in [0, 0.1) is 0 Å². The van der Waals surface area contributed by atoms with Gasteiger partial charge in [0.05, 0.1) is 0 Å². The van der Waals surface area contributed by atoms with Crippen molar-refractivity contribution in [3.8, 4) is 0 Å². The summed E-state index contributed by atoms with van der Waals surface area (Å²) >= 11 is 0. The average Bonchev–Trinajstić information content (AvgIpc) is 1.69. The third kappa shape index (κ3) is 7.28. The maximum absolute atomic E-state index is 4.07. The van der Waals surface area contributed by atoms with Gasteiger partial charge in [0.1, 0.15) is 0 Å². The van der Waals surface area contributed by atoms with E-state index in [4.69, 9.17) is 0 Å². The molecule has 1 heterocycles. The summed E-state index contributed by atoms with van der Waals surface area (Å²) in [4.78, 5) is 2.11. The van der Waals surface area contributed by atoms with Crippen LogP contribution < -0.4 is 30.1 Å². The Bertz CT molecular complexity index is 60.5. The molecule has 0 aromatic heterocycles. The Hall–Kier alpha value is 1.17. The van der Waals surface area contributed by atoms with Crippen LogP contribution >= 0.6 is 0 Å².